The Kier molecular flexibility index (Phi) is 5.62. The van der Waals surface area contributed by atoms with Gasteiger partial charge in [0.05, 0.1) is 12.0 Å². The molecule has 0 radical (unpaired) electrons. The second-order valence-electron chi connectivity index (χ2n) is 7.90. The standard InChI is InChI=1S/C23H26FN3O2/c1-25-21(28)15-20(22(25)18-7-9-19(24)10-8-18)23(29)27-13-11-26(12-14-27)16-17-5-3-2-4-6-17/h2-10,20,22H,11-16H2,1H3/t20-,22+/m0/s1. The zero-order chi connectivity index (χ0) is 20.4. The van der Waals surface area contributed by atoms with Crippen LogP contribution < -0.4 is 0 Å². The van der Waals surface area contributed by atoms with E-state index in [-0.39, 0.29) is 30.1 Å². The van der Waals surface area contributed by atoms with Crippen LogP contribution in [0.5, 0.6) is 0 Å². The molecule has 0 aromatic heterocycles. The summed E-state index contributed by atoms with van der Waals surface area (Å²) >= 11 is 0. The zero-order valence-electron chi connectivity index (χ0n) is 16.6. The SMILES string of the molecule is CN1C(=O)C[C@H](C(=O)N2CCN(Cc3ccccc3)CC2)[C@H]1c1ccc(F)cc1. The Labute approximate surface area is 170 Å². The number of hydrogen-bond acceptors (Lipinski definition) is 3. The Morgan fingerprint density at radius 2 is 1.66 bits per heavy atom. The van der Waals surface area contributed by atoms with Crippen LogP contribution in [0.25, 0.3) is 0 Å². The highest BCUT2D eigenvalue weighted by Crippen LogP contribution is 2.38. The summed E-state index contributed by atoms with van der Waals surface area (Å²) < 4.78 is 13.3. The molecule has 2 heterocycles. The minimum Gasteiger partial charge on any atom is -0.340 e. The Morgan fingerprint density at radius 1 is 1.00 bits per heavy atom. The minimum atomic E-state index is -0.418. The van der Waals surface area contributed by atoms with Gasteiger partial charge >= 0.3 is 0 Å². The van der Waals surface area contributed by atoms with Crippen LogP contribution in [-0.2, 0) is 16.1 Å². The predicted octanol–water partition coefficient (Wildman–Crippen LogP) is 2.69. The molecular formula is C23H26FN3O2. The first-order valence-corrected chi connectivity index (χ1v) is 10.1. The molecule has 2 amide bonds. The number of amides is 2. The molecule has 2 aromatic carbocycles. The van der Waals surface area contributed by atoms with Gasteiger partial charge in [-0.1, -0.05) is 42.5 Å². The van der Waals surface area contributed by atoms with E-state index < -0.39 is 5.92 Å². The molecule has 2 aromatic rings. The van der Waals surface area contributed by atoms with Crippen molar-refractivity contribution in [2.24, 2.45) is 5.92 Å². The van der Waals surface area contributed by atoms with Crippen molar-refractivity contribution in [2.45, 2.75) is 19.0 Å². The van der Waals surface area contributed by atoms with Gasteiger partial charge in [-0.15, -0.1) is 0 Å². The van der Waals surface area contributed by atoms with E-state index in [1.807, 2.05) is 23.1 Å². The third-order valence-corrected chi connectivity index (χ3v) is 6.05. The van der Waals surface area contributed by atoms with Crippen molar-refractivity contribution in [3.8, 4) is 0 Å². The van der Waals surface area contributed by atoms with E-state index in [9.17, 15) is 14.0 Å². The maximum atomic E-state index is 13.3. The second-order valence-corrected chi connectivity index (χ2v) is 7.90. The lowest BCUT2D eigenvalue weighted by Crippen LogP contribution is -2.50. The topological polar surface area (TPSA) is 43.9 Å². The Morgan fingerprint density at radius 3 is 2.31 bits per heavy atom. The first kappa shape index (κ1) is 19.6. The highest BCUT2D eigenvalue weighted by atomic mass is 19.1. The summed E-state index contributed by atoms with van der Waals surface area (Å²) in [6.07, 6.45) is 0.210. The highest BCUT2D eigenvalue weighted by Gasteiger charge is 2.44. The molecule has 0 N–H and O–H groups in total. The van der Waals surface area contributed by atoms with Crippen LogP contribution in [0.2, 0.25) is 0 Å². The van der Waals surface area contributed by atoms with Gasteiger partial charge in [0.2, 0.25) is 11.8 Å². The summed E-state index contributed by atoms with van der Waals surface area (Å²) in [5.41, 5.74) is 2.08. The van der Waals surface area contributed by atoms with Gasteiger partial charge < -0.3 is 9.80 Å². The summed E-state index contributed by atoms with van der Waals surface area (Å²) in [6.45, 7) is 3.84. The minimum absolute atomic E-state index is 0.0244. The van der Waals surface area contributed by atoms with E-state index in [0.717, 1.165) is 25.2 Å². The van der Waals surface area contributed by atoms with Crippen LogP contribution in [0.1, 0.15) is 23.6 Å². The third kappa shape index (κ3) is 4.17. The maximum Gasteiger partial charge on any atom is 0.228 e. The molecule has 0 bridgehead atoms. The van der Waals surface area contributed by atoms with Crippen molar-refractivity contribution in [3.63, 3.8) is 0 Å². The number of rotatable bonds is 4. The Bertz CT molecular complexity index is 863. The maximum absolute atomic E-state index is 13.3. The molecule has 2 fully saturated rings. The molecule has 152 valence electrons. The quantitative estimate of drug-likeness (QED) is 0.800. The molecule has 5 nitrogen and oxygen atoms in total. The van der Waals surface area contributed by atoms with E-state index in [1.165, 1.54) is 17.7 Å². The summed E-state index contributed by atoms with van der Waals surface area (Å²) in [6, 6.07) is 16.1. The molecule has 2 saturated heterocycles. The lowest BCUT2D eigenvalue weighted by atomic mass is 9.92. The molecule has 2 atom stereocenters. The summed E-state index contributed by atoms with van der Waals surface area (Å²) in [5, 5.41) is 0. The lowest BCUT2D eigenvalue weighted by Gasteiger charge is -2.37. The number of benzene rings is 2. The van der Waals surface area contributed by atoms with Crippen molar-refractivity contribution in [1.82, 2.24) is 14.7 Å². The number of nitrogens with zero attached hydrogens (tertiary/aromatic N) is 3. The van der Waals surface area contributed by atoms with Crippen molar-refractivity contribution < 1.29 is 14.0 Å². The lowest BCUT2D eigenvalue weighted by molar-refractivity contribution is -0.138. The Hall–Kier alpha value is -2.73. The van der Waals surface area contributed by atoms with Crippen molar-refractivity contribution in [2.75, 3.05) is 33.2 Å². The van der Waals surface area contributed by atoms with Gasteiger partial charge in [0.1, 0.15) is 5.82 Å². The molecule has 29 heavy (non-hydrogen) atoms. The molecule has 6 heteroatoms. The number of carbonyl (C=O) groups is 2. The van der Waals surface area contributed by atoms with Crippen LogP contribution in [0.3, 0.4) is 0 Å². The van der Waals surface area contributed by atoms with E-state index in [4.69, 9.17) is 0 Å². The van der Waals surface area contributed by atoms with Gasteiger partial charge in [0, 0.05) is 46.2 Å². The monoisotopic (exact) mass is 395 g/mol. The zero-order valence-corrected chi connectivity index (χ0v) is 16.6. The van der Waals surface area contributed by atoms with E-state index >= 15 is 0 Å². The molecule has 0 spiro atoms. The number of likely N-dealkylation sites (tertiary alicyclic amines) is 1. The number of halogens is 1. The molecule has 2 aliphatic heterocycles. The summed E-state index contributed by atoms with van der Waals surface area (Å²) in [4.78, 5) is 31.5. The molecule has 0 saturated carbocycles. The largest absolute Gasteiger partial charge is 0.340 e. The number of hydrogen-bond donors (Lipinski definition) is 0. The molecule has 2 aliphatic rings. The van der Waals surface area contributed by atoms with E-state index in [1.54, 1.807) is 24.1 Å². The van der Waals surface area contributed by atoms with Gasteiger partial charge in [0.25, 0.3) is 0 Å². The first-order chi connectivity index (χ1) is 14.0. The predicted molar refractivity (Wildman–Crippen MR) is 108 cm³/mol. The van der Waals surface area contributed by atoms with Crippen molar-refractivity contribution in [1.29, 1.82) is 0 Å². The van der Waals surface area contributed by atoms with Gasteiger partial charge in [-0.3, -0.25) is 14.5 Å². The van der Waals surface area contributed by atoms with Gasteiger partial charge in [-0.05, 0) is 23.3 Å². The first-order valence-electron chi connectivity index (χ1n) is 10.1. The Balaban J connectivity index is 1.42. The average molecular weight is 395 g/mol. The normalized spacial score (nSPS) is 22.9. The second kappa shape index (κ2) is 8.33. The van der Waals surface area contributed by atoms with Crippen LogP contribution in [-0.4, -0.2) is 59.7 Å². The number of carbonyl (C=O) groups excluding carboxylic acids is 2. The fraction of sp³-hybridized carbons (Fsp3) is 0.391. The van der Waals surface area contributed by atoms with E-state index in [0.29, 0.717) is 13.1 Å². The third-order valence-electron chi connectivity index (χ3n) is 6.05. The summed E-state index contributed by atoms with van der Waals surface area (Å²) in [5.74, 6) is -0.756. The fourth-order valence-electron chi connectivity index (χ4n) is 4.41. The van der Waals surface area contributed by atoms with E-state index in [2.05, 4.69) is 17.0 Å². The van der Waals surface area contributed by atoms with Crippen molar-refractivity contribution in [3.05, 3.63) is 71.5 Å². The van der Waals surface area contributed by atoms with Gasteiger partial charge in [-0.25, -0.2) is 4.39 Å². The summed E-state index contributed by atoms with van der Waals surface area (Å²) in [7, 11) is 1.72. The molecule has 4 rings (SSSR count). The highest BCUT2D eigenvalue weighted by molar-refractivity contribution is 5.90. The average Bonchev–Trinajstić information content (AvgIpc) is 3.04. The van der Waals surface area contributed by atoms with Crippen LogP contribution in [0, 0.1) is 11.7 Å². The smallest absolute Gasteiger partial charge is 0.228 e. The number of piperazine rings is 1. The molecule has 0 aliphatic carbocycles. The van der Waals surface area contributed by atoms with Gasteiger partial charge in [0.15, 0.2) is 0 Å². The van der Waals surface area contributed by atoms with Crippen LogP contribution >= 0.6 is 0 Å². The molecular weight excluding hydrogens is 369 g/mol. The van der Waals surface area contributed by atoms with Crippen LogP contribution in [0.4, 0.5) is 4.39 Å². The molecule has 0 unspecified atom stereocenters. The van der Waals surface area contributed by atoms with Gasteiger partial charge in [-0.2, -0.15) is 0 Å². The van der Waals surface area contributed by atoms with Crippen molar-refractivity contribution >= 4 is 11.8 Å². The van der Waals surface area contributed by atoms with Crippen LogP contribution in [0.15, 0.2) is 54.6 Å². The fourth-order valence-corrected chi connectivity index (χ4v) is 4.41.